The lowest BCUT2D eigenvalue weighted by Gasteiger charge is -2.08. The van der Waals surface area contributed by atoms with Crippen LogP contribution in [0.3, 0.4) is 0 Å². The highest BCUT2D eigenvalue weighted by molar-refractivity contribution is 6.30. The molecule has 0 spiro atoms. The maximum atomic E-state index is 12.5. The van der Waals surface area contributed by atoms with Crippen molar-refractivity contribution in [1.29, 1.82) is 0 Å². The fourth-order valence-electron chi connectivity index (χ4n) is 2.34. The van der Waals surface area contributed by atoms with Crippen LogP contribution in [0, 0.1) is 13.8 Å². The minimum Gasteiger partial charge on any atom is -0.485 e. The number of aromatic nitrogens is 1. The van der Waals surface area contributed by atoms with Crippen LogP contribution in [0.25, 0.3) is 0 Å². The summed E-state index contributed by atoms with van der Waals surface area (Å²) in [5, 5.41) is 0.588. The Morgan fingerprint density at radius 2 is 1.70 bits per heavy atom. The molecule has 0 saturated heterocycles. The third-order valence-electron chi connectivity index (χ3n) is 3.32. The summed E-state index contributed by atoms with van der Waals surface area (Å²) in [5.41, 5.74) is 1.81. The molecule has 0 atom stereocenters. The molecule has 0 saturated carbocycles. The van der Waals surface area contributed by atoms with Crippen molar-refractivity contribution in [2.45, 2.75) is 20.8 Å². The number of aryl methyl sites for hydroxylation is 2. The number of aromatic amines is 1. The predicted molar refractivity (Wildman–Crippen MR) is 87.5 cm³/mol. The van der Waals surface area contributed by atoms with Crippen molar-refractivity contribution < 1.29 is 19.1 Å². The van der Waals surface area contributed by atoms with Crippen LogP contribution in [0.15, 0.2) is 24.3 Å². The number of carbonyl (C=O) groups is 2. The fourth-order valence-corrected chi connectivity index (χ4v) is 2.47. The van der Waals surface area contributed by atoms with Gasteiger partial charge < -0.3 is 14.5 Å². The van der Waals surface area contributed by atoms with Gasteiger partial charge in [-0.25, -0.2) is 4.79 Å². The van der Waals surface area contributed by atoms with Crippen LogP contribution in [-0.2, 0) is 4.74 Å². The molecule has 0 aliphatic rings. The molecule has 0 aliphatic heterocycles. The van der Waals surface area contributed by atoms with Crippen molar-refractivity contribution in [2.75, 3.05) is 13.2 Å². The Morgan fingerprint density at radius 1 is 1.09 bits per heavy atom. The minimum absolute atomic E-state index is 0.174. The first-order chi connectivity index (χ1) is 10.9. The summed E-state index contributed by atoms with van der Waals surface area (Å²) in [6.07, 6.45) is 0. The number of rotatable bonds is 6. The van der Waals surface area contributed by atoms with Gasteiger partial charge in [-0.15, -0.1) is 0 Å². The van der Waals surface area contributed by atoms with E-state index in [1.54, 1.807) is 45.0 Å². The molecule has 2 aromatic rings. The molecule has 1 N–H and O–H groups in total. The average molecular weight is 336 g/mol. The number of Topliss-reactive ketones (excluding diaryl/α,β-unsaturated/α-hetero) is 1. The van der Waals surface area contributed by atoms with Gasteiger partial charge in [0.05, 0.1) is 17.7 Å². The van der Waals surface area contributed by atoms with Crippen LogP contribution in [0.5, 0.6) is 5.75 Å². The second kappa shape index (κ2) is 7.33. The standard InChI is InChI=1S/C17H18ClNO4/c1-4-22-17(21)16-11(3)19-10(2)15(16)14(20)9-23-13-7-5-12(18)6-8-13/h5-8,19H,4,9H2,1-3H3. The minimum atomic E-state index is -0.510. The number of carbonyl (C=O) groups excluding carboxylic acids is 2. The van der Waals surface area contributed by atoms with Crippen LogP contribution in [-0.4, -0.2) is 30.0 Å². The number of hydrogen-bond acceptors (Lipinski definition) is 4. The van der Waals surface area contributed by atoms with E-state index in [4.69, 9.17) is 21.1 Å². The van der Waals surface area contributed by atoms with Gasteiger partial charge in [-0.1, -0.05) is 11.6 Å². The summed E-state index contributed by atoms with van der Waals surface area (Å²) < 4.78 is 10.5. The molecule has 23 heavy (non-hydrogen) atoms. The molecule has 5 nitrogen and oxygen atoms in total. The molecule has 0 bridgehead atoms. The van der Waals surface area contributed by atoms with Gasteiger partial charge in [0.25, 0.3) is 0 Å². The topological polar surface area (TPSA) is 68.4 Å². The second-order valence-electron chi connectivity index (χ2n) is 5.01. The number of benzene rings is 1. The van der Waals surface area contributed by atoms with Crippen LogP contribution >= 0.6 is 11.6 Å². The lowest BCUT2D eigenvalue weighted by Crippen LogP contribution is -2.17. The monoisotopic (exact) mass is 335 g/mol. The maximum Gasteiger partial charge on any atom is 0.340 e. The lowest BCUT2D eigenvalue weighted by atomic mass is 10.1. The van der Waals surface area contributed by atoms with Crippen LogP contribution in [0.2, 0.25) is 5.02 Å². The van der Waals surface area contributed by atoms with Gasteiger partial charge in [0.1, 0.15) is 5.75 Å². The Bertz CT molecular complexity index is 719. The molecule has 0 amide bonds. The van der Waals surface area contributed by atoms with Crippen molar-refractivity contribution in [3.8, 4) is 5.75 Å². The predicted octanol–water partition coefficient (Wildman–Crippen LogP) is 3.72. The number of nitrogens with one attached hydrogen (secondary N) is 1. The van der Waals surface area contributed by atoms with E-state index in [9.17, 15) is 9.59 Å². The first-order valence-electron chi connectivity index (χ1n) is 7.21. The third-order valence-corrected chi connectivity index (χ3v) is 3.57. The van der Waals surface area contributed by atoms with E-state index in [1.165, 1.54) is 0 Å². The van der Waals surface area contributed by atoms with Crippen LogP contribution in [0.1, 0.15) is 39.0 Å². The number of H-pyrrole nitrogens is 1. The van der Waals surface area contributed by atoms with E-state index in [-0.39, 0.29) is 24.6 Å². The lowest BCUT2D eigenvalue weighted by molar-refractivity contribution is 0.0522. The molecule has 2 rings (SSSR count). The van der Waals surface area contributed by atoms with Crippen molar-refractivity contribution in [1.82, 2.24) is 4.98 Å². The zero-order chi connectivity index (χ0) is 17.0. The van der Waals surface area contributed by atoms with E-state index in [0.29, 0.717) is 27.7 Å². The van der Waals surface area contributed by atoms with Gasteiger partial charge in [0, 0.05) is 16.4 Å². The number of halogens is 1. The van der Waals surface area contributed by atoms with E-state index >= 15 is 0 Å². The Labute approximate surface area is 139 Å². The van der Waals surface area contributed by atoms with E-state index in [2.05, 4.69) is 4.98 Å². The molecule has 122 valence electrons. The molecule has 1 aromatic carbocycles. The summed E-state index contributed by atoms with van der Waals surface area (Å²) in [4.78, 5) is 27.5. The normalized spacial score (nSPS) is 10.4. The van der Waals surface area contributed by atoms with E-state index in [1.807, 2.05) is 0 Å². The van der Waals surface area contributed by atoms with E-state index < -0.39 is 5.97 Å². The number of ether oxygens (including phenoxy) is 2. The SMILES string of the molecule is CCOC(=O)c1c(C)[nH]c(C)c1C(=O)COc1ccc(Cl)cc1. The number of hydrogen-bond donors (Lipinski definition) is 1. The molecule has 1 aromatic heterocycles. The highest BCUT2D eigenvalue weighted by atomic mass is 35.5. The Morgan fingerprint density at radius 3 is 2.30 bits per heavy atom. The van der Waals surface area contributed by atoms with Crippen molar-refractivity contribution in [2.24, 2.45) is 0 Å². The zero-order valence-corrected chi connectivity index (χ0v) is 14.0. The zero-order valence-electron chi connectivity index (χ0n) is 13.2. The fraction of sp³-hybridized carbons (Fsp3) is 0.294. The molecule has 0 fully saturated rings. The van der Waals surface area contributed by atoms with Gasteiger partial charge >= 0.3 is 5.97 Å². The third kappa shape index (κ3) is 3.93. The Balaban J connectivity index is 2.18. The Kier molecular flexibility index (Phi) is 5.45. The number of ketones is 1. The Hall–Kier alpha value is -2.27. The highest BCUT2D eigenvalue weighted by Gasteiger charge is 2.25. The summed E-state index contributed by atoms with van der Waals surface area (Å²) in [6.45, 7) is 5.27. The van der Waals surface area contributed by atoms with Crippen molar-refractivity contribution in [3.63, 3.8) is 0 Å². The van der Waals surface area contributed by atoms with Crippen LogP contribution in [0.4, 0.5) is 0 Å². The average Bonchev–Trinajstić information content (AvgIpc) is 2.81. The van der Waals surface area contributed by atoms with Crippen molar-refractivity contribution >= 4 is 23.4 Å². The molecule has 0 aliphatic carbocycles. The summed E-state index contributed by atoms with van der Waals surface area (Å²) in [6, 6.07) is 6.71. The molecule has 0 radical (unpaired) electrons. The van der Waals surface area contributed by atoms with Crippen LogP contribution < -0.4 is 4.74 Å². The summed E-state index contributed by atoms with van der Waals surface area (Å²) >= 11 is 5.80. The summed E-state index contributed by atoms with van der Waals surface area (Å²) in [7, 11) is 0. The number of esters is 1. The second-order valence-corrected chi connectivity index (χ2v) is 5.45. The molecular weight excluding hydrogens is 318 g/mol. The largest absolute Gasteiger partial charge is 0.485 e. The van der Waals surface area contributed by atoms with Gasteiger partial charge in [0.15, 0.2) is 6.61 Å². The summed E-state index contributed by atoms with van der Waals surface area (Å²) in [5.74, 6) is -0.264. The molecule has 0 unspecified atom stereocenters. The van der Waals surface area contributed by atoms with Gasteiger partial charge in [0.2, 0.25) is 5.78 Å². The maximum absolute atomic E-state index is 12.5. The van der Waals surface area contributed by atoms with E-state index in [0.717, 1.165) is 0 Å². The molecule has 6 heteroatoms. The smallest absolute Gasteiger partial charge is 0.340 e. The van der Waals surface area contributed by atoms with Gasteiger partial charge in [-0.05, 0) is 45.0 Å². The first kappa shape index (κ1) is 17.1. The quantitative estimate of drug-likeness (QED) is 0.645. The highest BCUT2D eigenvalue weighted by Crippen LogP contribution is 2.21. The van der Waals surface area contributed by atoms with Gasteiger partial charge in [-0.2, -0.15) is 0 Å². The van der Waals surface area contributed by atoms with Crippen molar-refractivity contribution in [3.05, 3.63) is 51.8 Å². The molecule has 1 heterocycles. The molecular formula is C17H18ClNO4. The van der Waals surface area contributed by atoms with Gasteiger partial charge in [-0.3, -0.25) is 4.79 Å². The first-order valence-corrected chi connectivity index (χ1v) is 7.59.